The number of hydrogen-bond donors (Lipinski definition) is 1. The van der Waals surface area contributed by atoms with E-state index >= 15 is 0 Å². The summed E-state index contributed by atoms with van der Waals surface area (Å²) in [7, 11) is 0. The molecule has 1 aliphatic carbocycles. The lowest BCUT2D eigenvalue weighted by Gasteiger charge is -2.13. The molecule has 1 aromatic heterocycles. The number of aryl methyl sites for hydroxylation is 1. The predicted octanol–water partition coefficient (Wildman–Crippen LogP) is 4.54. The lowest BCUT2D eigenvalue weighted by molar-refractivity contribution is 0.571. The first-order chi connectivity index (χ1) is 10.1. The van der Waals surface area contributed by atoms with Crippen molar-refractivity contribution < 1.29 is 0 Å². The van der Waals surface area contributed by atoms with E-state index in [0.717, 1.165) is 30.2 Å². The summed E-state index contributed by atoms with van der Waals surface area (Å²) in [6.45, 7) is 6.54. The van der Waals surface area contributed by atoms with Crippen molar-refractivity contribution in [1.82, 2.24) is 9.55 Å². The van der Waals surface area contributed by atoms with Gasteiger partial charge in [-0.2, -0.15) is 0 Å². The molecule has 0 unspecified atom stereocenters. The molecule has 1 saturated carbocycles. The quantitative estimate of drug-likeness (QED) is 0.875. The van der Waals surface area contributed by atoms with Gasteiger partial charge in [-0.05, 0) is 44.6 Å². The smallest absolute Gasteiger partial charge is 0.131 e. The standard InChI is InChI=1S/C18H25N3/c1-4-7-16-20-17(18(19)21(16)12(2)3)15-9-6-5-8-14(15)13-10-11-13/h5-6,8-9,12-13H,4,7,10-11,19H2,1-3H3. The maximum absolute atomic E-state index is 6.46. The number of anilines is 1. The van der Waals surface area contributed by atoms with Gasteiger partial charge in [0.05, 0.1) is 0 Å². The second kappa shape index (κ2) is 5.55. The van der Waals surface area contributed by atoms with Gasteiger partial charge in [-0.25, -0.2) is 4.98 Å². The number of aromatic nitrogens is 2. The van der Waals surface area contributed by atoms with Crippen LogP contribution in [0.1, 0.15) is 63.4 Å². The maximum Gasteiger partial charge on any atom is 0.131 e. The Kier molecular flexibility index (Phi) is 3.75. The van der Waals surface area contributed by atoms with E-state index in [9.17, 15) is 0 Å². The summed E-state index contributed by atoms with van der Waals surface area (Å²) in [4.78, 5) is 4.90. The van der Waals surface area contributed by atoms with Gasteiger partial charge in [0.15, 0.2) is 0 Å². The van der Waals surface area contributed by atoms with Gasteiger partial charge in [0.1, 0.15) is 17.3 Å². The molecule has 1 heterocycles. The van der Waals surface area contributed by atoms with E-state index in [1.54, 1.807) is 0 Å². The number of benzene rings is 1. The summed E-state index contributed by atoms with van der Waals surface area (Å²) >= 11 is 0. The zero-order chi connectivity index (χ0) is 15.0. The van der Waals surface area contributed by atoms with Crippen LogP contribution in [0, 0.1) is 0 Å². The van der Waals surface area contributed by atoms with Crippen LogP contribution in [0.25, 0.3) is 11.3 Å². The van der Waals surface area contributed by atoms with Crippen molar-refractivity contribution in [3.05, 3.63) is 35.7 Å². The van der Waals surface area contributed by atoms with Gasteiger partial charge < -0.3 is 10.3 Å². The minimum absolute atomic E-state index is 0.348. The largest absolute Gasteiger partial charge is 0.383 e. The van der Waals surface area contributed by atoms with Gasteiger partial charge in [-0.15, -0.1) is 0 Å². The number of nitrogens with two attached hydrogens (primary N) is 1. The molecule has 0 bridgehead atoms. The van der Waals surface area contributed by atoms with E-state index < -0.39 is 0 Å². The molecule has 0 radical (unpaired) electrons. The Morgan fingerprint density at radius 1 is 1.29 bits per heavy atom. The molecular formula is C18H25N3. The maximum atomic E-state index is 6.46. The summed E-state index contributed by atoms with van der Waals surface area (Å²) in [5.41, 5.74) is 10.1. The highest BCUT2D eigenvalue weighted by atomic mass is 15.2. The van der Waals surface area contributed by atoms with E-state index in [4.69, 9.17) is 10.7 Å². The fraction of sp³-hybridized carbons (Fsp3) is 0.500. The first kappa shape index (κ1) is 14.2. The third kappa shape index (κ3) is 2.57. The number of nitrogen functional groups attached to an aromatic ring is 1. The Labute approximate surface area is 127 Å². The molecule has 1 fully saturated rings. The van der Waals surface area contributed by atoms with Crippen molar-refractivity contribution in [3.63, 3.8) is 0 Å². The molecule has 112 valence electrons. The lowest BCUT2D eigenvalue weighted by atomic mass is 10.0. The third-order valence-electron chi connectivity index (χ3n) is 4.24. The third-order valence-corrected chi connectivity index (χ3v) is 4.24. The summed E-state index contributed by atoms with van der Waals surface area (Å²) in [5, 5.41) is 0. The second-order valence-corrected chi connectivity index (χ2v) is 6.34. The van der Waals surface area contributed by atoms with Gasteiger partial charge in [0.2, 0.25) is 0 Å². The molecule has 3 heteroatoms. The van der Waals surface area contributed by atoms with Crippen LogP contribution in [-0.4, -0.2) is 9.55 Å². The minimum atomic E-state index is 0.348. The molecule has 3 nitrogen and oxygen atoms in total. The van der Waals surface area contributed by atoms with Crippen molar-refractivity contribution in [1.29, 1.82) is 0 Å². The van der Waals surface area contributed by atoms with Crippen molar-refractivity contribution in [2.24, 2.45) is 0 Å². The van der Waals surface area contributed by atoms with E-state index in [-0.39, 0.29) is 0 Å². The minimum Gasteiger partial charge on any atom is -0.383 e. The van der Waals surface area contributed by atoms with Crippen LogP contribution < -0.4 is 5.73 Å². The van der Waals surface area contributed by atoms with Gasteiger partial charge >= 0.3 is 0 Å². The van der Waals surface area contributed by atoms with E-state index in [1.165, 1.54) is 24.0 Å². The first-order valence-electron chi connectivity index (χ1n) is 8.09. The molecule has 1 aromatic carbocycles. The fourth-order valence-corrected chi connectivity index (χ4v) is 3.13. The zero-order valence-electron chi connectivity index (χ0n) is 13.3. The molecule has 2 N–H and O–H groups in total. The highest BCUT2D eigenvalue weighted by Gasteiger charge is 2.28. The number of hydrogen-bond acceptors (Lipinski definition) is 2. The Morgan fingerprint density at radius 3 is 2.62 bits per heavy atom. The first-order valence-corrected chi connectivity index (χ1v) is 8.09. The Hall–Kier alpha value is -1.77. The molecule has 3 rings (SSSR count). The van der Waals surface area contributed by atoms with Crippen molar-refractivity contribution >= 4 is 5.82 Å². The molecule has 1 aliphatic rings. The number of imidazole rings is 1. The Balaban J connectivity index is 2.12. The van der Waals surface area contributed by atoms with Gasteiger partial charge in [-0.1, -0.05) is 31.2 Å². The van der Waals surface area contributed by atoms with Crippen LogP contribution in [-0.2, 0) is 6.42 Å². The molecule has 0 aliphatic heterocycles. The van der Waals surface area contributed by atoms with Crippen molar-refractivity contribution in [3.8, 4) is 11.3 Å². The zero-order valence-corrected chi connectivity index (χ0v) is 13.3. The molecule has 21 heavy (non-hydrogen) atoms. The van der Waals surface area contributed by atoms with Gasteiger partial charge in [0, 0.05) is 18.0 Å². The highest BCUT2D eigenvalue weighted by Crippen LogP contribution is 2.45. The average Bonchev–Trinajstić information content (AvgIpc) is 3.24. The van der Waals surface area contributed by atoms with E-state index in [2.05, 4.69) is 49.6 Å². The SMILES string of the molecule is CCCc1nc(-c2ccccc2C2CC2)c(N)n1C(C)C. The van der Waals surface area contributed by atoms with Crippen molar-refractivity contribution in [2.75, 3.05) is 5.73 Å². The Morgan fingerprint density at radius 2 is 2.00 bits per heavy atom. The second-order valence-electron chi connectivity index (χ2n) is 6.34. The van der Waals surface area contributed by atoms with Crippen LogP contribution >= 0.6 is 0 Å². The molecular weight excluding hydrogens is 258 g/mol. The van der Waals surface area contributed by atoms with Crippen molar-refractivity contribution in [2.45, 2.75) is 58.4 Å². The molecule has 2 aromatic rings. The average molecular weight is 283 g/mol. The summed E-state index contributed by atoms with van der Waals surface area (Å²) in [6, 6.07) is 8.97. The van der Waals surface area contributed by atoms with Crippen LogP contribution in [0.4, 0.5) is 5.82 Å². The van der Waals surface area contributed by atoms with Crippen LogP contribution in [0.3, 0.4) is 0 Å². The Bertz CT molecular complexity index is 636. The molecule has 0 amide bonds. The highest BCUT2D eigenvalue weighted by molar-refractivity contribution is 5.74. The van der Waals surface area contributed by atoms with Gasteiger partial charge in [-0.3, -0.25) is 0 Å². The monoisotopic (exact) mass is 283 g/mol. The predicted molar refractivity (Wildman–Crippen MR) is 88.4 cm³/mol. The van der Waals surface area contributed by atoms with Crippen LogP contribution in [0.15, 0.2) is 24.3 Å². The molecule has 0 atom stereocenters. The number of nitrogens with zero attached hydrogens (tertiary/aromatic N) is 2. The van der Waals surface area contributed by atoms with E-state index in [0.29, 0.717) is 12.0 Å². The van der Waals surface area contributed by atoms with Gasteiger partial charge in [0.25, 0.3) is 0 Å². The van der Waals surface area contributed by atoms with Crippen LogP contribution in [0.5, 0.6) is 0 Å². The topological polar surface area (TPSA) is 43.8 Å². The molecule has 0 saturated heterocycles. The summed E-state index contributed by atoms with van der Waals surface area (Å²) < 4.78 is 2.20. The normalized spacial score (nSPS) is 14.9. The summed E-state index contributed by atoms with van der Waals surface area (Å²) in [6.07, 6.45) is 4.66. The molecule has 0 spiro atoms. The number of rotatable bonds is 5. The van der Waals surface area contributed by atoms with E-state index in [1.807, 2.05) is 0 Å². The summed E-state index contributed by atoms with van der Waals surface area (Å²) in [5.74, 6) is 2.64. The lowest BCUT2D eigenvalue weighted by Crippen LogP contribution is -2.09. The van der Waals surface area contributed by atoms with Crippen LogP contribution in [0.2, 0.25) is 0 Å². The fourth-order valence-electron chi connectivity index (χ4n) is 3.13.